The summed E-state index contributed by atoms with van der Waals surface area (Å²) in [6.45, 7) is 3.96. The average molecular weight is 467 g/mol. The van der Waals surface area contributed by atoms with Crippen LogP contribution in [0.15, 0.2) is 53.8 Å². The van der Waals surface area contributed by atoms with Crippen LogP contribution >= 0.6 is 11.6 Å². The fourth-order valence-electron chi connectivity index (χ4n) is 2.45. The lowest BCUT2D eigenvalue weighted by molar-refractivity contribution is 0.0934. The predicted octanol–water partition coefficient (Wildman–Crippen LogP) is 2.70. The lowest BCUT2D eigenvalue weighted by Crippen LogP contribution is -2.45. The quantitative estimate of drug-likeness (QED) is 0.408. The van der Waals surface area contributed by atoms with Crippen LogP contribution in [-0.4, -0.2) is 49.8 Å². The van der Waals surface area contributed by atoms with Crippen LogP contribution in [0.4, 0.5) is 5.69 Å². The van der Waals surface area contributed by atoms with Gasteiger partial charge in [-0.1, -0.05) is 25.4 Å². The molecule has 1 aromatic carbocycles. The lowest BCUT2D eigenvalue weighted by atomic mass is 10.1. The van der Waals surface area contributed by atoms with Crippen LogP contribution in [0, 0.1) is 5.92 Å². The van der Waals surface area contributed by atoms with Gasteiger partial charge in [0.1, 0.15) is 6.17 Å². The molecule has 2 aromatic rings. The number of carbonyl (C=O) groups excluding carboxylic acids is 1. The minimum absolute atomic E-state index is 0.0382. The van der Waals surface area contributed by atoms with Crippen molar-refractivity contribution < 1.29 is 13.2 Å². The van der Waals surface area contributed by atoms with Gasteiger partial charge in [-0.05, 0) is 48.7 Å². The Morgan fingerprint density at radius 1 is 1.19 bits per heavy atom. The predicted molar refractivity (Wildman–Crippen MR) is 123 cm³/mol. The highest BCUT2D eigenvalue weighted by Crippen LogP contribution is 2.12. The third-order valence-electron chi connectivity index (χ3n) is 4.01. The first-order valence-corrected chi connectivity index (χ1v) is 11.4. The molecule has 0 fully saturated rings. The van der Waals surface area contributed by atoms with Crippen molar-refractivity contribution in [3.05, 3.63) is 59.4 Å². The van der Waals surface area contributed by atoms with Crippen LogP contribution in [0.3, 0.4) is 0 Å². The smallest absolute Gasteiger partial charge is 0.303 e. The van der Waals surface area contributed by atoms with Crippen LogP contribution in [0.1, 0.15) is 30.6 Å². The van der Waals surface area contributed by atoms with Crippen LogP contribution in [-0.2, 0) is 10.2 Å². The van der Waals surface area contributed by atoms with Crippen molar-refractivity contribution in [3.63, 3.8) is 0 Å². The lowest BCUT2D eigenvalue weighted by Gasteiger charge is -2.21. The van der Waals surface area contributed by atoms with Crippen LogP contribution in [0.2, 0.25) is 5.02 Å². The van der Waals surface area contributed by atoms with E-state index < -0.39 is 16.4 Å². The molecule has 0 aliphatic carbocycles. The number of hydrogen-bond acceptors (Lipinski definition) is 5. The maximum atomic E-state index is 12.7. The van der Waals surface area contributed by atoms with Gasteiger partial charge in [-0.15, -0.1) is 0 Å². The van der Waals surface area contributed by atoms with Crippen molar-refractivity contribution in [3.8, 4) is 0 Å². The van der Waals surface area contributed by atoms with Gasteiger partial charge in [0, 0.05) is 30.9 Å². The van der Waals surface area contributed by atoms with Crippen molar-refractivity contribution in [1.29, 1.82) is 0 Å². The molecule has 31 heavy (non-hydrogen) atoms. The Morgan fingerprint density at radius 3 is 2.42 bits per heavy atom. The molecule has 0 saturated carbocycles. The van der Waals surface area contributed by atoms with Crippen LogP contribution < -0.4 is 15.4 Å². The van der Waals surface area contributed by atoms with Crippen molar-refractivity contribution in [1.82, 2.24) is 19.3 Å². The first kappa shape index (κ1) is 24.6. The van der Waals surface area contributed by atoms with E-state index in [0.717, 1.165) is 4.31 Å². The van der Waals surface area contributed by atoms with Crippen LogP contribution in [0.25, 0.3) is 0 Å². The topological polar surface area (TPSA) is 116 Å². The first-order chi connectivity index (χ1) is 14.6. The molecule has 3 N–H and O–H groups in total. The van der Waals surface area contributed by atoms with E-state index in [0.29, 0.717) is 22.7 Å². The van der Waals surface area contributed by atoms with Crippen molar-refractivity contribution >= 4 is 39.4 Å². The number of rotatable bonds is 8. The Morgan fingerprint density at radius 2 is 1.87 bits per heavy atom. The number of halogens is 1. The highest BCUT2D eigenvalue weighted by molar-refractivity contribution is 7.87. The number of anilines is 1. The second-order valence-corrected chi connectivity index (χ2v) is 9.68. The minimum Gasteiger partial charge on any atom is -0.330 e. The summed E-state index contributed by atoms with van der Waals surface area (Å²) in [6.07, 6.45) is 2.93. The number of benzene rings is 1. The van der Waals surface area contributed by atoms with E-state index in [2.05, 4.69) is 25.3 Å². The number of nitrogens with zero attached hydrogens (tertiary/aromatic N) is 3. The van der Waals surface area contributed by atoms with Gasteiger partial charge < -0.3 is 10.6 Å². The second-order valence-electron chi connectivity index (χ2n) is 7.36. The Bertz CT molecular complexity index is 995. The standard InChI is InChI=1S/C20H27ClN6O3S/c1-14(2)12-18(24-19(28)15-7-9-16(21)10-8-15)25-20(26-31(29,30)27(3)4)23-17-6-5-11-22-13-17/h5-11,13-14,18H,12H2,1-4H3,(H,24,28)(H2,23,25,26). The SMILES string of the molecule is CC(C)CC(/N=C(\Nc1cccnc1)NS(=O)(=O)N(C)C)NC(=O)c1ccc(Cl)cc1. The van der Waals surface area contributed by atoms with Gasteiger partial charge in [0.25, 0.3) is 5.91 Å². The number of amides is 1. The maximum absolute atomic E-state index is 12.7. The van der Waals surface area contributed by atoms with Crippen molar-refractivity contribution in [2.45, 2.75) is 26.4 Å². The zero-order chi connectivity index (χ0) is 23.0. The number of hydrogen-bond donors (Lipinski definition) is 3. The summed E-state index contributed by atoms with van der Waals surface area (Å²) >= 11 is 5.89. The van der Waals surface area contributed by atoms with E-state index in [1.54, 1.807) is 42.6 Å². The Hall–Kier alpha value is -2.69. The summed E-state index contributed by atoms with van der Waals surface area (Å²) in [7, 11) is -1.03. The average Bonchev–Trinajstić information content (AvgIpc) is 2.68. The van der Waals surface area contributed by atoms with Gasteiger partial charge >= 0.3 is 10.2 Å². The molecule has 1 unspecified atom stereocenters. The molecule has 2 rings (SSSR count). The Kier molecular flexibility index (Phi) is 8.78. The van der Waals surface area contributed by atoms with Crippen molar-refractivity contribution in [2.75, 3.05) is 19.4 Å². The zero-order valence-corrected chi connectivity index (χ0v) is 19.4. The number of aliphatic imine (C=N–C) groups is 1. The zero-order valence-electron chi connectivity index (χ0n) is 17.8. The summed E-state index contributed by atoms with van der Waals surface area (Å²) in [5.74, 6) is -0.199. The van der Waals surface area contributed by atoms with E-state index in [9.17, 15) is 13.2 Å². The Labute approximate surface area is 188 Å². The van der Waals surface area contributed by atoms with Gasteiger partial charge in [0.15, 0.2) is 0 Å². The fourth-order valence-corrected chi connectivity index (χ4v) is 3.11. The molecule has 9 nitrogen and oxygen atoms in total. The molecule has 0 saturated heterocycles. The molecule has 0 bridgehead atoms. The Balaban J connectivity index is 2.33. The molecule has 0 radical (unpaired) electrons. The summed E-state index contributed by atoms with van der Waals surface area (Å²) in [4.78, 5) is 21.2. The molecule has 1 atom stereocenters. The van der Waals surface area contributed by atoms with Crippen molar-refractivity contribution in [2.24, 2.45) is 10.9 Å². The molecular weight excluding hydrogens is 440 g/mol. The van der Waals surface area contributed by atoms with Gasteiger partial charge in [-0.25, -0.2) is 9.71 Å². The van der Waals surface area contributed by atoms with E-state index in [1.165, 1.54) is 20.3 Å². The summed E-state index contributed by atoms with van der Waals surface area (Å²) in [5.41, 5.74) is 0.957. The number of carbonyl (C=O) groups is 1. The van der Waals surface area contributed by atoms with E-state index in [1.807, 2.05) is 13.8 Å². The molecule has 1 aromatic heterocycles. The van der Waals surface area contributed by atoms with E-state index in [4.69, 9.17) is 11.6 Å². The number of aromatic nitrogens is 1. The van der Waals surface area contributed by atoms with Gasteiger partial charge in [-0.3, -0.25) is 9.78 Å². The number of guanidine groups is 1. The minimum atomic E-state index is -3.83. The third-order valence-corrected chi connectivity index (χ3v) is 5.68. The molecule has 1 heterocycles. The number of pyridine rings is 1. The normalized spacial score (nSPS) is 13.2. The highest BCUT2D eigenvalue weighted by Gasteiger charge is 2.20. The van der Waals surface area contributed by atoms with Gasteiger partial charge in [0.05, 0.1) is 11.9 Å². The molecular formula is C20H27ClN6O3S. The molecule has 1 amide bonds. The van der Waals surface area contributed by atoms with Gasteiger partial charge in [0.2, 0.25) is 5.96 Å². The first-order valence-electron chi connectivity index (χ1n) is 9.58. The largest absolute Gasteiger partial charge is 0.330 e. The molecule has 168 valence electrons. The molecule has 0 aliphatic heterocycles. The third kappa shape index (κ3) is 8.16. The van der Waals surface area contributed by atoms with Crippen LogP contribution in [0.5, 0.6) is 0 Å². The summed E-state index contributed by atoms with van der Waals surface area (Å²) < 4.78 is 28.2. The fraction of sp³-hybridized carbons (Fsp3) is 0.350. The molecule has 0 aliphatic rings. The number of nitrogens with one attached hydrogen (secondary N) is 3. The van der Waals surface area contributed by atoms with Gasteiger partial charge in [-0.2, -0.15) is 12.7 Å². The van der Waals surface area contributed by atoms with E-state index in [-0.39, 0.29) is 17.8 Å². The maximum Gasteiger partial charge on any atom is 0.303 e. The van der Waals surface area contributed by atoms with E-state index >= 15 is 0 Å². The monoisotopic (exact) mass is 466 g/mol. The molecule has 11 heteroatoms. The summed E-state index contributed by atoms with van der Waals surface area (Å²) in [5, 5.41) is 6.28. The highest BCUT2D eigenvalue weighted by atomic mass is 35.5. The molecule has 0 spiro atoms. The summed E-state index contributed by atoms with van der Waals surface area (Å²) in [6, 6.07) is 9.88. The second kappa shape index (κ2) is 11.1.